The average Bonchev–Trinajstić information content (AvgIpc) is 3.01. The molecular weight excluding hydrogens is 198 g/mol. The number of nitrogens with one attached hydrogen (secondary N) is 1. The summed E-state index contributed by atoms with van der Waals surface area (Å²) in [6.07, 6.45) is 3.70. The van der Waals surface area contributed by atoms with Crippen molar-refractivity contribution in [1.29, 1.82) is 0 Å². The third-order valence-corrected chi connectivity index (χ3v) is 3.40. The van der Waals surface area contributed by atoms with Gasteiger partial charge in [0.15, 0.2) is 0 Å². The fourth-order valence-corrected chi connectivity index (χ4v) is 2.02. The van der Waals surface area contributed by atoms with Crippen LogP contribution in [0, 0.1) is 5.92 Å². The molecule has 2 atom stereocenters. The van der Waals surface area contributed by atoms with Gasteiger partial charge in [-0.25, -0.2) is 0 Å². The maximum atomic E-state index is 9.40. The summed E-state index contributed by atoms with van der Waals surface area (Å²) in [6.45, 7) is 4.52. The minimum Gasteiger partial charge on any atom is -0.508 e. The monoisotopic (exact) mass is 219 g/mol. The van der Waals surface area contributed by atoms with Crippen molar-refractivity contribution >= 4 is 0 Å². The molecule has 0 radical (unpaired) electrons. The van der Waals surface area contributed by atoms with Gasteiger partial charge in [-0.3, -0.25) is 0 Å². The zero-order chi connectivity index (χ0) is 11.5. The lowest BCUT2D eigenvalue weighted by atomic mass is 9.95. The van der Waals surface area contributed by atoms with Gasteiger partial charge in [0, 0.05) is 12.1 Å². The van der Waals surface area contributed by atoms with E-state index in [1.54, 1.807) is 6.07 Å². The van der Waals surface area contributed by atoms with Crippen LogP contribution in [0.15, 0.2) is 24.3 Å². The molecule has 1 aliphatic carbocycles. The van der Waals surface area contributed by atoms with Crippen molar-refractivity contribution in [3.05, 3.63) is 29.8 Å². The summed E-state index contributed by atoms with van der Waals surface area (Å²) in [4.78, 5) is 0. The smallest absolute Gasteiger partial charge is 0.115 e. The molecule has 1 aliphatic rings. The highest BCUT2D eigenvalue weighted by Crippen LogP contribution is 2.22. The summed E-state index contributed by atoms with van der Waals surface area (Å²) in [5.41, 5.74) is 1.22. The van der Waals surface area contributed by atoms with Crippen LogP contribution in [0.1, 0.15) is 32.3 Å². The molecule has 0 aliphatic heterocycles. The van der Waals surface area contributed by atoms with Gasteiger partial charge in [0.05, 0.1) is 0 Å². The van der Waals surface area contributed by atoms with Gasteiger partial charge >= 0.3 is 0 Å². The topological polar surface area (TPSA) is 32.3 Å². The molecule has 88 valence electrons. The SMILES string of the molecule is CC(Cc1cccc(O)c1)C(C)NC1CC1. The van der Waals surface area contributed by atoms with E-state index in [-0.39, 0.29) is 0 Å². The molecule has 2 unspecified atom stereocenters. The Kier molecular flexibility index (Phi) is 3.49. The Morgan fingerprint density at radius 2 is 2.12 bits per heavy atom. The van der Waals surface area contributed by atoms with Crippen LogP contribution >= 0.6 is 0 Å². The average molecular weight is 219 g/mol. The van der Waals surface area contributed by atoms with Gasteiger partial charge in [-0.2, -0.15) is 0 Å². The second-order valence-electron chi connectivity index (χ2n) is 5.08. The first-order valence-electron chi connectivity index (χ1n) is 6.19. The van der Waals surface area contributed by atoms with Crippen LogP contribution in [0.25, 0.3) is 0 Å². The highest BCUT2D eigenvalue weighted by molar-refractivity contribution is 5.27. The lowest BCUT2D eigenvalue weighted by Gasteiger charge is -2.21. The number of rotatable bonds is 5. The Hall–Kier alpha value is -1.02. The first-order chi connectivity index (χ1) is 7.65. The molecule has 0 saturated heterocycles. The standard InChI is InChI=1S/C14H21NO/c1-10(11(2)15-13-6-7-13)8-12-4-3-5-14(16)9-12/h3-5,9-11,13,15-16H,6-8H2,1-2H3. The maximum Gasteiger partial charge on any atom is 0.115 e. The van der Waals surface area contributed by atoms with E-state index in [9.17, 15) is 5.11 Å². The molecule has 0 spiro atoms. The summed E-state index contributed by atoms with van der Waals surface area (Å²) in [5, 5.41) is 13.0. The lowest BCUT2D eigenvalue weighted by Crippen LogP contribution is -2.34. The Bertz CT molecular complexity index is 346. The van der Waals surface area contributed by atoms with Gasteiger partial charge in [0.1, 0.15) is 5.75 Å². The number of benzene rings is 1. The molecule has 1 aromatic carbocycles. The zero-order valence-corrected chi connectivity index (χ0v) is 10.1. The van der Waals surface area contributed by atoms with Crippen LogP contribution in [-0.4, -0.2) is 17.2 Å². The van der Waals surface area contributed by atoms with Crippen LogP contribution in [-0.2, 0) is 6.42 Å². The molecule has 1 fully saturated rings. The van der Waals surface area contributed by atoms with Crippen LogP contribution in [0.3, 0.4) is 0 Å². The zero-order valence-electron chi connectivity index (χ0n) is 10.1. The largest absolute Gasteiger partial charge is 0.508 e. The molecule has 16 heavy (non-hydrogen) atoms. The maximum absolute atomic E-state index is 9.40. The van der Waals surface area contributed by atoms with E-state index in [4.69, 9.17) is 0 Å². The third-order valence-electron chi connectivity index (χ3n) is 3.40. The second-order valence-corrected chi connectivity index (χ2v) is 5.08. The first-order valence-corrected chi connectivity index (χ1v) is 6.19. The molecule has 0 bridgehead atoms. The molecule has 2 heteroatoms. The minimum absolute atomic E-state index is 0.368. The quantitative estimate of drug-likeness (QED) is 0.798. The Morgan fingerprint density at radius 3 is 2.75 bits per heavy atom. The second kappa shape index (κ2) is 4.88. The fraction of sp³-hybridized carbons (Fsp3) is 0.571. The lowest BCUT2D eigenvalue weighted by molar-refractivity contribution is 0.395. The summed E-state index contributed by atoms with van der Waals surface area (Å²) in [7, 11) is 0. The van der Waals surface area contributed by atoms with E-state index in [1.165, 1.54) is 18.4 Å². The number of phenolic OH excluding ortho intramolecular Hbond substituents is 1. The molecular formula is C14H21NO. The van der Waals surface area contributed by atoms with Gasteiger partial charge in [-0.05, 0) is 49.8 Å². The number of aromatic hydroxyl groups is 1. The molecule has 0 amide bonds. The van der Waals surface area contributed by atoms with Crippen LogP contribution in [0.4, 0.5) is 0 Å². The number of phenols is 1. The Balaban J connectivity index is 1.87. The molecule has 1 aromatic rings. The number of hydrogen-bond acceptors (Lipinski definition) is 2. The molecule has 2 rings (SSSR count). The summed E-state index contributed by atoms with van der Waals surface area (Å²) in [6, 6.07) is 8.90. The van der Waals surface area contributed by atoms with Gasteiger partial charge in [0.25, 0.3) is 0 Å². The van der Waals surface area contributed by atoms with Crippen molar-refractivity contribution in [1.82, 2.24) is 5.32 Å². The Labute approximate surface area is 97.7 Å². The van der Waals surface area contributed by atoms with Crippen molar-refractivity contribution in [2.24, 2.45) is 5.92 Å². The Morgan fingerprint density at radius 1 is 1.38 bits per heavy atom. The summed E-state index contributed by atoms with van der Waals surface area (Å²) in [5.74, 6) is 0.968. The first kappa shape index (κ1) is 11.5. The van der Waals surface area contributed by atoms with Gasteiger partial charge < -0.3 is 10.4 Å². The van der Waals surface area contributed by atoms with E-state index in [1.807, 2.05) is 12.1 Å². The van der Waals surface area contributed by atoms with E-state index >= 15 is 0 Å². The van der Waals surface area contributed by atoms with Gasteiger partial charge in [-0.1, -0.05) is 19.1 Å². The predicted molar refractivity (Wildman–Crippen MR) is 66.6 cm³/mol. The summed E-state index contributed by atoms with van der Waals surface area (Å²) < 4.78 is 0. The molecule has 2 N–H and O–H groups in total. The van der Waals surface area contributed by atoms with Crippen molar-refractivity contribution in [2.45, 2.75) is 45.2 Å². The molecule has 0 aromatic heterocycles. The van der Waals surface area contributed by atoms with Crippen LogP contribution in [0.2, 0.25) is 0 Å². The van der Waals surface area contributed by atoms with Crippen molar-refractivity contribution in [3.63, 3.8) is 0 Å². The van der Waals surface area contributed by atoms with Crippen molar-refractivity contribution in [3.8, 4) is 5.75 Å². The van der Waals surface area contributed by atoms with E-state index in [2.05, 4.69) is 25.2 Å². The third kappa shape index (κ3) is 3.24. The van der Waals surface area contributed by atoms with Crippen molar-refractivity contribution < 1.29 is 5.11 Å². The van der Waals surface area contributed by atoms with Gasteiger partial charge in [0.2, 0.25) is 0 Å². The molecule has 1 saturated carbocycles. The molecule has 2 nitrogen and oxygen atoms in total. The van der Waals surface area contributed by atoms with Crippen LogP contribution in [0.5, 0.6) is 5.75 Å². The van der Waals surface area contributed by atoms with E-state index < -0.39 is 0 Å². The fourth-order valence-electron chi connectivity index (χ4n) is 2.02. The van der Waals surface area contributed by atoms with Crippen LogP contribution < -0.4 is 5.32 Å². The van der Waals surface area contributed by atoms with E-state index in [0.717, 1.165) is 12.5 Å². The highest BCUT2D eigenvalue weighted by Gasteiger charge is 2.24. The normalized spacial score (nSPS) is 19.4. The molecule has 0 heterocycles. The minimum atomic E-state index is 0.368. The predicted octanol–water partition coefficient (Wildman–Crippen LogP) is 2.71. The highest BCUT2D eigenvalue weighted by atomic mass is 16.3. The summed E-state index contributed by atoms with van der Waals surface area (Å²) >= 11 is 0. The van der Waals surface area contributed by atoms with E-state index in [0.29, 0.717) is 17.7 Å². The number of hydrogen-bond donors (Lipinski definition) is 2. The van der Waals surface area contributed by atoms with Crippen molar-refractivity contribution in [2.75, 3.05) is 0 Å². The van der Waals surface area contributed by atoms with Gasteiger partial charge in [-0.15, -0.1) is 0 Å².